The summed E-state index contributed by atoms with van der Waals surface area (Å²) in [6.45, 7) is 2.71. The molecule has 0 saturated carbocycles. The first-order valence-electron chi connectivity index (χ1n) is 7.27. The van der Waals surface area contributed by atoms with Crippen LogP contribution in [-0.4, -0.2) is 22.6 Å². The molecule has 3 rings (SSSR count). The maximum atomic E-state index is 5.71. The molecule has 23 heavy (non-hydrogen) atoms. The van der Waals surface area contributed by atoms with E-state index < -0.39 is 0 Å². The van der Waals surface area contributed by atoms with Crippen LogP contribution in [0.15, 0.2) is 58.9 Å². The number of ether oxygens (including phenoxy) is 1. The molecule has 0 bridgehead atoms. The van der Waals surface area contributed by atoms with Crippen LogP contribution in [0, 0.1) is 6.92 Å². The molecule has 0 radical (unpaired) electrons. The molecule has 0 atom stereocenters. The summed E-state index contributed by atoms with van der Waals surface area (Å²) in [5.74, 6) is 1.74. The third kappa shape index (κ3) is 4.97. The lowest BCUT2D eigenvalue weighted by Gasteiger charge is -2.04. The number of aryl methyl sites for hydroxylation is 1. The van der Waals surface area contributed by atoms with Crippen LogP contribution in [-0.2, 0) is 0 Å². The van der Waals surface area contributed by atoms with Crippen LogP contribution < -0.4 is 10.1 Å². The van der Waals surface area contributed by atoms with Crippen molar-refractivity contribution >= 4 is 33.9 Å². The van der Waals surface area contributed by atoms with Crippen LogP contribution in [0.5, 0.6) is 5.75 Å². The number of para-hydroxylation sites is 1. The molecule has 0 aliphatic carbocycles. The highest BCUT2D eigenvalue weighted by Gasteiger charge is 2.05. The molecule has 0 spiro atoms. The van der Waals surface area contributed by atoms with E-state index in [2.05, 4.69) is 34.6 Å². The maximum Gasteiger partial charge on any atom is 0.210 e. The van der Waals surface area contributed by atoms with Crippen LogP contribution in [0.1, 0.15) is 5.56 Å². The Labute approximate surface area is 143 Å². The van der Waals surface area contributed by atoms with Gasteiger partial charge in [0.1, 0.15) is 5.75 Å². The van der Waals surface area contributed by atoms with E-state index >= 15 is 0 Å². The highest BCUT2D eigenvalue weighted by atomic mass is 32.2. The second kappa shape index (κ2) is 7.99. The second-order valence-electron chi connectivity index (χ2n) is 4.87. The van der Waals surface area contributed by atoms with Crippen LogP contribution in [0.2, 0.25) is 0 Å². The summed E-state index contributed by atoms with van der Waals surface area (Å²) in [4.78, 5) is 0. The molecule has 1 aromatic heterocycles. The van der Waals surface area contributed by atoms with E-state index in [1.807, 2.05) is 42.5 Å². The minimum atomic E-state index is 0.648. The van der Waals surface area contributed by atoms with Crippen molar-refractivity contribution in [2.24, 2.45) is 0 Å². The largest absolute Gasteiger partial charge is 0.493 e. The average Bonchev–Trinajstić information content (AvgIpc) is 3.02. The van der Waals surface area contributed by atoms with E-state index in [0.717, 1.165) is 26.7 Å². The first kappa shape index (κ1) is 15.8. The molecular weight excluding hydrogens is 326 g/mol. The topological polar surface area (TPSA) is 47.0 Å². The van der Waals surface area contributed by atoms with Gasteiger partial charge in [-0.25, -0.2) is 0 Å². The highest BCUT2D eigenvalue weighted by Crippen LogP contribution is 2.27. The SMILES string of the molecule is Cc1ccc(OCCSc2nnc(Nc3ccccc3)s2)cc1. The summed E-state index contributed by atoms with van der Waals surface area (Å²) in [7, 11) is 0. The van der Waals surface area contributed by atoms with Crippen LogP contribution in [0.4, 0.5) is 10.8 Å². The van der Waals surface area contributed by atoms with Crippen LogP contribution in [0.25, 0.3) is 0 Å². The van der Waals surface area contributed by atoms with Crippen molar-refractivity contribution in [2.75, 3.05) is 17.7 Å². The van der Waals surface area contributed by atoms with Crippen molar-refractivity contribution < 1.29 is 4.74 Å². The fraction of sp³-hybridized carbons (Fsp3) is 0.176. The predicted octanol–water partition coefficient (Wildman–Crippen LogP) is 4.76. The molecule has 3 aromatic rings. The molecule has 1 N–H and O–H groups in total. The van der Waals surface area contributed by atoms with Gasteiger partial charge < -0.3 is 10.1 Å². The molecule has 0 aliphatic rings. The van der Waals surface area contributed by atoms with E-state index in [0.29, 0.717) is 6.61 Å². The van der Waals surface area contributed by atoms with Gasteiger partial charge in [-0.2, -0.15) is 0 Å². The van der Waals surface area contributed by atoms with Gasteiger partial charge in [0.15, 0.2) is 4.34 Å². The molecule has 0 saturated heterocycles. The molecule has 0 fully saturated rings. The smallest absolute Gasteiger partial charge is 0.210 e. The van der Waals surface area contributed by atoms with E-state index in [9.17, 15) is 0 Å². The van der Waals surface area contributed by atoms with Gasteiger partial charge in [-0.05, 0) is 31.2 Å². The minimum Gasteiger partial charge on any atom is -0.493 e. The summed E-state index contributed by atoms with van der Waals surface area (Å²) in [5.41, 5.74) is 2.25. The van der Waals surface area contributed by atoms with Crippen LogP contribution >= 0.6 is 23.1 Å². The summed E-state index contributed by atoms with van der Waals surface area (Å²) in [5, 5.41) is 12.4. The number of thioether (sulfide) groups is 1. The Balaban J connectivity index is 1.43. The average molecular weight is 343 g/mol. The molecule has 0 aliphatic heterocycles. The number of anilines is 2. The van der Waals surface area contributed by atoms with Crippen molar-refractivity contribution in [1.29, 1.82) is 0 Å². The Bertz CT molecular complexity index is 729. The Morgan fingerprint density at radius 3 is 2.61 bits per heavy atom. The van der Waals surface area contributed by atoms with Crippen LogP contribution in [0.3, 0.4) is 0 Å². The second-order valence-corrected chi connectivity index (χ2v) is 7.19. The fourth-order valence-corrected chi connectivity index (χ4v) is 3.55. The zero-order valence-corrected chi connectivity index (χ0v) is 14.4. The number of nitrogens with one attached hydrogen (secondary N) is 1. The third-order valence-corrected chi connectivity index (χ3v) is 4.97. The Hall–Kier alpha value is -2.05. The molecular formula is C17H17N3OS2. The molecule has 2 aromatic carbocycles. The number of aromatic nitrogens is 2. The van der Waals surface area contributed by atoms with Gasteiger partial charge in [-0.15, -0.1) is 10.2 Å². The Morgan fingerprint density at radius 1 is 1.04 bits per heavy atom. The minimum absolute atomic E-state index is 0.648. The monoisotopic (exact) mass is 343 g/mol. The quantitative estimate of drug-likeness (QED) is 0.495. The lowest BCUT2D eigenvalue weighted by Crippen LogP contribution is -1.99. The zero-order valence-electron chi connectivity index (χ0n) is 12.7. The van der Waals surface area contributed by atoms with Gasteiger partial charge in [-0.3, -0.25) is 0 Å². The molecule has 6 heteroatoms. The molecule has 0 amide bonds. The highest BCUT2D eigenvalue weighted by molar-refractivity contribution is 8.01. The summed E-state index contributed by atoms with van der Waals surface area (Å²) in [6, 6.07) is 18.1. The van der Waals surface area contributed by atoms with E-state index in [1.54, 1.807) is 23.1 Å². The lowest BCUT2D eigenvalue weighted by molar-refractivity contribution is 0.344. The van der Waals surface area contributed by atoms with E-state index in [1.165, 1.54) is 5.56 Å². The lowest BCUT2D eigenvalue weighted by atomic mass is 10.2. The van der Waals surface area contributed by atoms with Gasteiger partial charge >= 0.3 is 0 Å². The van der Waals surface area contributed by atoms with Crippen molar-refractivity contribution in [3.8, 4) is 5.75 Å². The third-order valence-electron chi connectivity index (χ3n) is 3.03. The van der Waals surface area contributed by atoms with Gasteiger partial charge in [0.25, 0.3) is 0 Å². The number of benzene rings is 2. The van der Waals surface area contributed by atoms with E-state index in [4.69, 9.17) is 4.74 Å². The number of rotatable bonds is 7. The van der Waals surface area contributed by atoms with Gasteiger partial charge in [0.05, 0.1) is 6.61 Å². The first-order chi connectivity index (χ1) is 11.3. The van der Waals surface area contributed by atoms with Gasteiger partial charge in [0.2, 0.25) is 5.13 Å². The van der Waals surface area contributed by atoms with E-state index in [-0.39, 0.29) is 0 Å². The number of hydrogen-bond acceptors (Lipinski definition) is 6. The predicted molar refractivity (Wildman–Crippen MR) is 97.0 cm³/mol. The number of hydrogen-bond donors (Lipinski definition) is 1. The molecule has 118 valence electrons. The fourth-order valence-electron chi connectivity index (χ4n) is 1.89. The summed E-state index contributed by atoms with van der Waals surface area (Å²) in [6.07, 6.45) is 0. The summed E-state index contributed by atoms with van der Waals surface area (Å²) >= 11 is 3.20. The first-order valence-corrected chi connectivity index (χ1v) is 9.08. The van der Waals surface area contributed by atoms with Crippen molar-refractivity contribution in [1.82, 2.24) is 10.2 Å². The summed E-state index contributed by atoms with van der Waals surface area (Å²) < 4.78 is 6.65. The molecule has 4 nitrogen and oxygen atoms in total. The van der Waals surface area contributed by atoms with Crippen molar-refractivity contribution in [3.63, 3.8) is 0 Å². The Morgan fingerprint density at radius 2 is 1.83 bits per heavy atom. The maximum absolute atomic E-state index is 5.71. The number of nitrogens with zero attached hydrogens (tertiary/aromatic N) is 2. The standard InChI is InChI=1S/C17H17N3OS2/c1-13-7-9-15(10-8-13)21-11-12-22-17-20-19-16(23-17)18-14-5-3-2-4-6-14/h2-10H,11-12H2,1H3,(H,18,19). The molecule has 1 heterocycles. The van der Waals surface area contributed by atoms with Gasteiger partial charge in [-0.1, -0.05) is 59.0 Å². The van der Waals surface area contributed by atoms with Gasteiger partial charge in [0, 0.05) is 11.4 Å². The Kier molecular flexibility index (Phi) is 5.50. The molecule has 0 unspecified atom stereocenters. The normalized spacial score (nSPS) is 10.5. The zero-order chi connectivity index (χ0) is 15.9. The van der Waals surface area contributed by atoms with Crippen molar-refractivity contribution in [3.05, 3.63) is 60.2 Å². The van der Waals surface area contributed by atoms with Crippen molar-refractivity contribution in [2.45, 2.75) is 11.3 Å².